The van der Waals surface area contributed by atoms with Gasteiger partial charge in [0, 0.05) is 22.5 Å². The van der Waals surface area contributed by atoms with Crippen LogP contribution in [0.5, 0.6) is 5.88 Å². The van der Waals surface area contributed by atoms with Gasteiger partial charge in [-0.1, -0.05) is 38.1 Å². The first-order valence-corrected chi connectivity index (χ1v) is 9.92. The van der Waals surface area contributed by atoms with Crippen LogP contribution in [-0.2, 0) is 0 Å². The Morgan fingerprint density at radius 1 is 1.07 bits per heavy atom. The van der Waals surface area contributed by atoms with Crippen LogP contribution in [0.1, 0.15) is 47.1 Å². The van der Waals surface area contributed by atoms with Gasteiger partial charge in [0.1, 0.15) is 0 Å². The van der Waals surface area contributed by atoms with E-state index in [4.69, 9.17) is 0 Å². The van der Waals surface area contributed by atoms with Crippen molar-refractivity contribution in [3.05, 3.63) is 77.1 Å². The molecule has 4 aromatic rings. The van der Waals surface area contributed by atoms with E-state index in [1.165, 1.54) is 0 Å². The summed E-state index contributed by atoms with van der Waals surface area (Å²) in [5.74, 6) is -0.211. The SMILES string of the molecule is Cc1cc(C(=O)N=Nc2c(O)[nH]c3ccc(C(C)C)cc23)c(C)n1-c1ccccc1. The maximum absolute atomic E-state index is 12.8. The van der Waals surface area contributed by atoms with Crippen molar-refractivity contribution in [2.24, 2.45) is 10.2 Å². The summed E-state index contributed by atoms with van der Waals surface area (Å²) in [6.45, 7) is 8.04. The molecule has 0 atom stereocenters. The Morgan fingerprint density at radius 3 is 2.50 bits per heavy atom. The zero-order valence-electron chi connectivity index (χ0n) is 17.5. The molecule has 0 radical (unpaired) electrons. The first-order chi connectivity index (χ1) is 14.4. The third-order valence-corrected chi connectivity index (χ3v) is 5.36. The van der Waals surface area contributed by atoms with Crippen molar-refractivity contribution in [2.75, 3.05) is 0 Å². The number of aromatic hydroxyl groups is 1. The van der Waals surface area contributed by atoms with Crippen LogP contribution >= 0.6 is 0 Å². The second-order valence-electron chi connectivity index (χ2n) is 7.74. The van der Waals surface area contributed by atoms with Crippen LogP contribution in [0.15, 0.2) is 64.8 Å². The third-order valence-electron chi connectivity index (χ3n) is 5.36. The lowest BCUT2D eigenvalue weighted by Crippen LogP contribution is -2.01. The van der Waals surface area contributed by atoms with E-state index in [0.717, 1.165) is 33.5 Å². The minimum Gasteiger partial charge on any atom is -0.493 e. The summed E-state index contributed by atoms with van der Waals surface area (Å²) < 4.78 is 2.01. The molecule has 0 aliphatic rings. The molecule has 6 heteroatoms. The Morgan fingerprint density at radius 2 is 1.80 bits per heavy atom. The highest BCUT2D eigenvalue weighted by molar-refractivity contribution is 5.98. The molecule has 2 aromatic heterocycles. The molecule has 0 aliphatic heterocycles. The number of amides is 1. The number of nitrogens with zero attached hydrogens (tertiary/aromatic N) is 3. The van der Waals surface area contributed by atoms with E-state index >= 15 is 0 Å². The number of nitrogens with one attached hydrogen (secondary N) is 1. The van der Waals surface area contributed by atoms with E-state index in [1.54, 1.807) is 0 Å². The van der Waals surface area contributed by atoms with Crippen molar-refractivity contribution >= 4 is 22.5 Å². The zero-order chi connectivity index (χ0) is 21.4. The van der Waals surface area contributed by atoms with Crippen molar-refractivity contribution < 1.29 is 9.90 Å². The molecule has 2 heterocycles. The van der Waals surface area contributed by atoms with Crippen molar-refractivity contribution in [3.63, 3.8) is 0 Å². The fourth-order valence-electron chi connectivity index (χ4n) is 3.74. The topological polar surface area (TPSA) is 82.7 Å². The summed E-state index contributed by atoms with van der Waals surface area (Å²) in [6, 6.07) is 17.5. The Kier molecular flexibility index (Phi) is 4.99. The fraction of sp³-hybridized carbons (Fsp3) is 0.208. The van der Waals surface area contributed by atoms with Crippen LogP contribution in [-0.4, -0.2) is 20.6 Å². The number of aromatic nitrogens is 2. The van der Waals surface area contributed by atoms with Crippen molar-refractivity contribution in [1.29, 1.82) is 0 Å². The molecule has 2 N–H and O–H groups in total. The molecule has 1 amide bonds. The van der Waals surface area contributed by atoms with Crippen LogP contribution in [0.25, 0.3) is 16.6 Å². The molecule has 152 valence electrons. The molecular formula is C24H24N4O2. The summed E-state index contributed by atoms with van der Waals surface area (Å²) in [5, 5.41) is 19.0. The van der Waals surface area contributed by atoms with E-state index in [9.17, 15) is 9.90 Å². The molecule has 2 aromatic carbocycles. The molecule has 0 saturated heterocycles. The first kappa shape index (κ1) is 19.6. The molecule has 0 unspecified atom stereocenters. The number of azo groups is 1. The van der Waals surface area contributed by atoms with Gasteiger partial charge in [-0.2, -0.15) is 0 Å². The maximum Gasteiger partial charge on any atom is 0.297 e. The van der Waals surface area contributed by atoms with Crippen LogP contribution < -0.4 is 0 Å². The molecule has 4 rings (SSSR count). The summed E-state index contributed by atoms with van der Waals surface area (Å²) in [6.07, 6.45) is 0. The summed E-state index contributed by atoms with van der Waals surface area (Å²) in [7, 11) is 0. The predicted octanol–water partition coefficient (Wildman–Crippen LogP) is 6.33. The Hall–Kier alpha value is -3.67. The van der Waals surface area contributed by atoms with Crippen molar-refractivity contribution in [2.45, 2.75) is 33.6 Å². The second-order valence-corrected chi connectivity index (χ2v) is 7.74. The number of benzene rings is 2. The van der Waals surface area contributed by atoms with Crippen LogP contribution in [0.4, 0.5) is 5.69 Å². The maximum atomic E-state index is 12.8. The number of rotatable bonds is 4. The minimum atomic E-state index is -0.445. The van der Waals surface area contributed by atoms with Gasteiger partial charge < -0.3 is 14.7 Å². The van der Waals surface area contributed by atoms with Gasteiger partial charge >= 0.3 is 0 Å². The van der Waals surface area contributed by atoms with Gasteiger partial charge in [-0.05, 0) is 55.7 Å². The molecule has 0 aliphatic carbocycles. The number of hydrogen-bond donors (Lipinski definition) is 2. The highest BCUT2D eigenvalue weighted by Gasteiger charge is 2.18. The average Bonchev–Trinajstić information content (AvgIpc) is 3.21. The highest BCUT2D eigenvalue weighted by Crippen LogP contribution is 2.37. The lowest BCUT2D eigenvalue weighted by molar-refractivity contribution is 0.0994. The van der Waals surface area contributed by atoms with Gasteiger partial charge in [-0.3, -0.25) is 4.79 Å². The van der Waals surface area contributed by atoms with E-state index in [-0.39, 0.29) is 11.6 Å². The number of hydrogen-bond acceptors (Lipinski definition) is 3. The lowest BCUT2D eigenvalue weighted by atomic mass is 10.0. The Bertz CT molecular complexity index is 1260. The molecule has 0 bridgehead atoms. The minimum absolute atomic E-state index is 0.0998. The van der Waals surface area contributed by atoms with Gasteiger partial charge in [0.05, 0.1) is 11.1 Å². The number of carbonyl (C=O) groups excluding carboxylic acids is 1. The number of aromatic amines is 1. The molecule has 0 saturated carbocycles. The number of H-pyrrole nitrogens is 1. The predicted molar refractivity (Wildman–Crippen MR) is 118 cm³/mol. The van der Waals surface area contributed by atoms with Crippen LogP contribution in [0, 0.1) is 13.8 Å². The van der Waals surface area contributed by atoms with Gasteiger partial charge in [0.15, 0.2) is 5.69 Å². The number of aryl methyl sites for hydroxylation is 1. The Labute approximate surface area is 174 Å². The van der Waals surface area contributed by atoms with Crippen molar-refractivity contribution in [1.82, 2.24) is 9.55 Å². The summed E-state index contributed by atoms with van der Waals surface area (Å²) in [4.78, 5) is 15.7. The summed E-state index contributed by atoms with van der Waals surface area (Å²) in [5.41, 5.74) is 5.36. The fourth-order valence-corrected chi connectivity index (χ4v) is 3.74. The molecule has 0 fully saturated rings. The van der Waals surface area contributed by atoms with Crippen LogP contribution in [0.3, 0.4) is 0 Å². The number of para-hydroxylation sites is 1. The van der Waals surface area contributed by atoms with Gasteiger partial charge in [-0.25, -0.2) is 0 Å². The number of fused-ring (bicyclic) bond motifs is 1. The second kappa shape index (κ2) is 7.63. The third kappa shape index (κ3) is 3.41. The standard InChI is InChI=1S/C24H24N4O2/c1-14(2)17-10-11-21-20(13-17)22(24(30)25-21)26-27-23(29)19-12-15(3)28(16(19)4)18-8-6-5-7-9-18/h5-14,25,30H,1-4H3. The summed E-state index contributed by atoms with van der Waals surface area (Å²) >= 11 is 0. The smallest absolute Gasteiger partial charge is 0.297 e. The Balaban J connectivity index is 1.70. The van der Waals surface area contributed by atoms with E-state index < -0.39 is 5.91 Å². The van der Waals surface area contributed by atoms with Crippen LogP contribution in [0.2, 0.25) is 0 Å². The average molecular weight is 400 g/mol. The highest BCUT2D eigenvalue weighted by atomic mass is 16.3. The molecule has 0 spiro atoms. The van der Waals surface area contributed by atoms with E-state index in [1.807, 2.05) is 73.0 Å². The quantitative estimate of drug-likeness (QED) is 0.392. The molecule has 6 nitrogen and oxygen atoms in total. The monoisotopic (exact) mass is 400 g/mol. The number of carbonyl (C=O) groups is 1. The lowest BCUT2D eigenvalue weighted by Gasteiger charge is -2.08. The first-order valence-electron chi connectivity index (χ1n) is 9.92. The van der Waals surface area contributed by atoms with Gasteiger partial charge in [0.2, 0.25) is 5.88 Å². The normalized spacial score (nSPS) is 11.8. The molecular weight excluding hydrogens is 376 g/mol. The molecule has 30 heavy (non-hydrogen) atoms. The van der Waals surface area contributed by atoms with E-state index in [0.29, 0.717) is 11.5 Å². The zero-order valence-corrected chi connectivity index (χ0v) is 17.5. The largest absolute Gasteiger partial charge is 0.493 e. The van der Waals surface area contributed by atoms with Gasteiger partial charge in [-0.15, -0.1) is 10.2 Å². The van der Waals surface area contributed by atoms with Crippen molar-refractivity contribution in [3.8, 4) is 11.6 Å². The van der Waals surface area contributed by atoms with Gasteiger partial charge in [0.25, 0.3) is 5.91 Å². The van der Waals surface area contributed by atoms with E-state index in [2.05, 4.69) is 29.1 Å².